The minimum absolute atomic E-state index is 0.561. The molecule has 0 aliphatic rings. The molecule has 55 heavy (non-hydrogen) atoms. The van der Waals surface area contributed by atoms with Crippen molar-refractivity contribution in [2.45, 2.75) is 0 Å². The highest BCUT2D eigenvalue weighted by molar-refractivity contribution is 6.09. The fraction of sp³-hybridized carbons (Fsp3) is 0. The molecule has 7 heteroatoms. The van der Waals surface area contributed by atoms with Gasteiger partial charge in [-0.25, -0.2) is 29.9 Å². The Bertz CT molecular complexity index is 2910. The second-order valence-electron chi connectivity index (χ2n) is 13.1. The van der Waals surface area contributed by atoms with Gasteiger partial charge in [0.15, 0.2) is 34.9 Å². The number of furan rings is 1. The van der Waals surface area contributed by atoms with Crippen molar-refractivity contribution in [1.82, 2.24) is 29.9 Å². The maximum Gasteiger partial charge on any atom is 0.164 e. The third kappa shape index (κ3) is 6.19. The van der Waals surface area contributed by atoms with E-state index in [4.69, 9.17) is 34.3 Å². The van der Waals surface area contributed by atoms with Crippen molar-refractivity contribution in [2.75, 3.05) is 0 Å². The molecule has 258 valence electrons. The molecule has 10 aromatic rings. The van der Waals surface area contributed by atoms with Gasteiger partial charge in [0.05, 0.1) is 0 Å². The van der Waals surface area contributed by atoms with E-state index in [2.05, 4.69) is 36.4 Å². The van der Waals surface area contributed by atoms with Crippen LogP contribution in [-0.2, 0) is 0 Å². The van der Waals surface area contributed by atoms with E-state index in [1.807, 2.05) is 146 Å². The van der Waals surface area contributed by atoms with Gasteiger partial charge in [0.25, 0.3) is 0 Å². The first-order chi connectivity index (χ1) is 27.2. The first-order valence-electron chi connectivity index (χ1n) is 18.0. The summed E-state index contributed by atoms with van der Waals surface area (Å²) in [5, 5.41) is 2.18. The van der Waals surface area contributed by atoms with Crippen LogP contribution in [0.15, 0.2) is 186 Å². The summed E-state index contributed by atoms with van der Waals surface area (Å²) >= 11 is 0. The summed E-state index contributed by atoms with van der Waals surface area (Å²) in [5.41, 5.74) is 9.05. The van der Waals surface area contributed by atoms with Gasteiger partial charge in [-0.2, -0.15) is 0 Å². The fourth-order valence-corrected chi connectivity index (χ4v) is 6.86. The lowest BCUT2D eigenvalue weighted by Gasteiger charge is -2.11. The van der Waals surface area contributed by atoms with Crippen LogP contribution in [0.1, 0.15) is 0 Å². The van der Waals surface area contributed by atoms with E-state index in [9.17, 15) is 0 Å². The van der Waals surface area contributed by atoms with Gasteiger partial charge in [-0.05, 0) is 17.7 Å². The number of fused-ring (bicyclic) bond motifs is 3. The topological polar surface area (TPSA) is 90.5 Å². The summed E-state index contributed by atoms with van der Waals surface area (Å²) in [7, 11) is 0. The average Bonchev–Trinajstić information content (AvgIpc) is 3.66. The molecule has 0 radical (unpaired) electrons. The minimum atomic E-state index is 0.561. The number of benzene rings is 7. The van der Waals surface area contributed by atoms with Crippen LogP contribution in [0.5, 0.6) is 0 Å². The van der Waals surface area contributed by atoms with E-state index < -0.39 is 0 Å². The number of para-hydroxylation sites is 2. The maximum atomic E-state index is 6.38. The summed E-state index contributed by atoms with van der Waals surface area (Å²) in [6.45, 7) is 0. The van der Waals surface area contributed by atoms with Crippen LogP contribution in [0, 0.1) is 0 Å². The SMILES string of the molecule is c1ccc(-c2nc(-c3ccccc3)nc(-c3ccc(-c4nc(-c5ccccc5)nc(-c5cccc(-c6cccc7c6oc6ccccc67)c5)n4)cc3)n2)cc1. The number of hydrogen-bond acceptors (Lipinski definition) is 7. The Labute approximate surface area is 316 Å². The molecule has 3 heterocycles. The van der Waals surface area contributed by atoms with Crippen molar-refractivity contribution in [3.8, 4) is 79.5 Å². The Morgan fingerprint density at radius 3 is 1.15 bits per heavy atom. The van der Waals surface area contributed by atoms with E-state index in [1.54, 1.807) is 0 Å². The largest absolute Gasteiger partial charge is 0.455 e. The molecule has 7 aromatic carbocycles. The van der Waals surface area contributed by atoms with Crippen LogP contribution in [0.25, 0.3) is 101 Å². The maximum absolute atomic E-state index is 6.38. The van der Waals surface area contributed by atoms with Crippen molar-refractivity contribution in [2.24, 2.45) is 0 Å². The third-order valence-corrected chi connectivity index (χ3v) is 9.60. The molecular weight excluding hydrogens is 677 g/mol. The molecule has 10 rings (SSSR count). The van der Waals surface area contributed by atoms with E-state index in [-0.39, 0.29) is 0 Å². The second kappa shape index (κ2) is 13.7. The van der Waals surface area contributed by atoms with Crippen molar-refractivity contribution in [1.29, 1.82) is 0 Å². The van der Waals surface area contributed by atoms with Crippen molar-refractivity contribution < 1.29 is 4.42 Å². The first-order valence-corrected chi connectivity index (χ1v) is 18.0. The summed E-state index contributed by atoms with van der Waals surface area (Å²) in [6, 6.07) is 60.7. The highest BCUT2D eigenvalue weighted by Gasteiger charge is 2.17. The predicted octanol–water partition coefficient (Wildman–Crippen LogP) is 11.6. The van der Waals surface area contributed by atoms with Gasteiger partial charge in [0, 0.05) is 49.7 Å². The van der Waals surface area contributed by atoms with Crippen molar-refractivity contribution in [3.63, 3.8) is 0 Å². The summed E-state index contributed by atoms with van der Waals surface area (Å²) in [4.78, 5) is 29.7. The summed E-state index contributed by atoms with van der Waals surface area (Å²) < 4.78 is 6.38. The zero-order chi connectivity index (χ0) is 36.6. The van der Waals surface area contributed by atoms with Crippen LogP contribution in [0.3, 0.4) is 0 Å². The van der Waals surface area contributed by atoms with Crippen LogP contribution in [0.2, 0.25) is 0 Å². The van der Waals surface area contributed by atoms with Gasteiger partial charge in [-0.15, -0.1) is 0 Å². The second-order valence-corrected chi connectivity index (χ2v) is 13.1. The predicted molar refractivity (Wildman–Crippen MR) is 219 cm³/mol. The van der Waals surface area contributed by atoms with Gasteiger partial charge in [-0.3, -0.25) is 0 Å². The molecule has 0 amide bonds. The highest BCUT2D eigenvalue weighted by atomic mass is 16.3. The smallest absolute Gasteiger partial charge is 0.164 e. The Kier molecular flexibility index (Phi) is 8.00. The fourth-order valence-electron chi connectivity index (χ4n) is 6.86. The first kappa shape index (κ1) is 32.0. The molecule has 3 aromatic heterocycles. The lowest BCUT2D eigenvalue weighted by molar-refractivity contribution is 0.670. The number of nitrogens with zero attached hydrogens (tertiary/aromatic N) is 6. The van der Waals surface area contributed by atoms with Crippen LogP contribution in [-0.4, -0.2) is 29.9 Å². The third-order valence-electron chi connectivity index (χ3n) is 9.60. The normalized spacial score (nSPS) is 11.3. The number of aromatic nitrogens is 6. The van der Waals surface area contributed by atoms with Crippen molar-refractivity contribution in [3.05, 3.63) is 182 Å². The summed E-state index contributed by atoms with van der Waals surface area (Å²) in [5.74, 6) is 3.53. The molecule has 0 spiro atoms. The standard InChI is InChI=1S/C48H30N6O/c1-4-14-31(15-5-1)43-49-44(32-16-6-2-7-17-32)51-46(50-43)34-26-28-35(29-27-34)47-52-45(33-18-8-3-9-19-33)53-48(54-47)37-21-12-20-36(30-37)38-23-13-24-40-39-22-10-11-25-41(39)55-42(38)40/h1-30H. The lowest BCUT2D eigenvalue weighted by atomic mass is 10.00. The van der Waals surface area contributed by atoms with E-state index in [0.29, 0.717) is 34.9 Å². The summed E-state index contributed by atoms with van der Waals surface area (Å²) in [6.07, 6.45) is 0. The Morgan fingerprint density at radius 1 is 0.273 bits per heavy atom. The van der Waals surface area contributed by atoms with E-state index >= 15 is 0 Å². The van der Waals surface area contributed by atoms with Gasteiger partial charge in [-0.1, -0.05) is 170 Å². The molecule has 0 saturated heterocycles. The molecule has 0 fully saturated rings. The van der Waals surface area contributed by atoms with Gasteiger partial charge in [0.2, 0.25) is 0 Å². The van der Waals surface area contributed by atoms with E-state index in [0.717, 1.165) is 66.4 Å². The lowest BCUT2D eigenvalue weighted by Crippen LogP contribution is -2.01. The molecule has 0 saturated carbocycles. The average molecular weight is 707 g/mol. The minimum Gasteiger partial charge on any atom is -0.455 e. The molecule has 0 atom stereocenters. The van der Waals surface area contributed by atoms with Gasteiger partial charge in [0.1, 0.15) is 11.2 Å². The molecule has 0 unspecified atom stereocenters. The molecule has 0 N–H and O–H groups in total. The molecule has 7 nitrogen and oxygen atoms in total. The molecule has 0 bridgehead atoms. The molecule has 0 aliphatic heterocycles. The Hall–Kier alpha value is -7.64. The van der Waals surface area contributed by atoms with Crippen LogP contribution < -0.4 is 0 Å². The van der Waals surface area contributed by atoms with E-state index in [1.165, 1.54) is 0 Å². The van der Waals surface area contributed by atoms with Crippen LogP contribution in [0.4, 0.5) is 0 Å². The van der Waals surface area contributed by atoms with Crippen LogP contribution >= 0.6 is 0 Å². The van der Waals surface area contributed by atoms with Gasteiger partial charge < -0.3 is 4.42 Å². The zero-order valence-corrected chi connectivity index (χ0v) is 29.4. The Balaban J connectivity index is 1.06. The monoisotopic (exact) mass is 706 g/mol. The molecule has 0 aliphatic carbocycles. The number of hydrogen-bond donors (Lipinski definition) is 0. The number of rotatable bonds is 7. The highest BCUT2D eigenvalue weighted by Crippen LogP contribution is 2.37. The zero-order valence-electron chi connectivity index (χ0n) is 29.4. The Morgan fingerprint density at radius 2 is 0.636 bits per heavy atom. The van der Waals surface area contributed by atoms with Crippen molar-refractivity contribution >= 4 is 21.9 Å². The quantitative estimate of drug-likeness (QED) is 0.163. The van der Waals surface area contributed by atoms with Gasteiger partial charge >= 0.3 is 0 Å². The molecular formula is C48H30N6O.